The molecule has 3 aromatic carbocycles. The number of ketones is 2. The minimum Gasteiger partial charge on any atom is -0.289 e. The molecule has 0 fully saturated rings. The zero-order valence-corrected chi connectivity index (χ0v) is 12.6. The molecule has 0 unspecified atom stereocenters. The summed E-state index contributed by atoms with van der Waals surface area (Å²) in [6, 6.07) is 21.2. The van der Waals surface area contributed by atoms with Gasteiger partial charge in [0.1, 0.15) is 0 Å². The van der Waals surface area contributed by atoms with Crippen LogP contribution in [0.2, 0.25) is 0 Å². The van der Waals surface area contributed by atoms with Gasteiger partial charge in [0.2, 0.25) is 0 Å². The lowest BCUT2D eigenvalue weighted by Gasteiger charge is -2.18. The van der Waals surface area contributed by atoms with Crippen LogP contribution in [0.3, 0.4) is 0 Å². The number of carbonyl (C=O) groups excluding carboxylic acids is 2. The summed E-state index contributed by atoms with van der Waals surface area (Å²) in [5, 5.41) is 8.36. The highest BCUT2D eigenvalue weighted by Gasteiger charge is 2.31. The van der Waals surface area contributed by atoms with Crippen LogP contribution >= 0.6 is 0 Å². The maximum atomic E-state index is 12.8. The van der Waals surface area contributed by atoms with Gasteiger partial charge >= 0.3 is 0 Å². The smallest absolute Gasteiger partial charge is 0.196 e. The summed E-state index contributed by atoms with van der Waals surface area (Å²) in [7, 11) is 0. The molecule has 3 aromatic rings. The lowest BCUT2D eigenvalue weighted by molar-refractivity contribution is 0.0979. The van der Waals surface area contributed by atoms with Crippen molar-refractivity contribution in [2.45, 2.75) is 0 Å². The average molecular weight is 312 g/mol. The first-order valence-electron chi connectivity index (χ1n) is 7.54. The molecule has 4 rings (SSSR count). The molecule has 0 saturated heterocycles. The van der Waals surface area contributed by atoms with Gasteiger partial charge in [-0.1, -0.05) is 54.6 Å². The molecule has 24 heavy (non-hydrogen) atoms. The lowest BCUT2D eigenvalue weighted by Crippen LogP contribution is -2.20. The molecule has 0 spiro atoms. The number of benzene rings is 3. The first-order valence-corrected chi connectivity index (χ1v) is 7.54. The van der Waals surface area contributed by atoms with E-state index in [4.69, 9.17) is 0 Å². The molecule has 0 radical (unpaired) electrons. The van der Waals surface area contributed by atoms with E-state index < -0.39 is 0 Å². The van der Waals surface area contributed by atoms with Crippen molar-refractivity contribution in [2.75, 3.05) is 0 Å². The number of rotatable bonds is 2. The van der Waals surface area contributed by atoms with Gasteiger partial charge in [-0.25, -0.2) is 0 Å². The molecule has 0 amide bonds. The Morgan fingerprint density at radius 2 is 1.17 bits per heavy atom. The van der Waals surface area contributed by atoms with E-state index in [9.17, 15) is 9.59 Å². The quantitative estimate of drug-likeness (QED) is 0.495. The molecule has 0 bridgehead atoms. The minimum atomic E-state index is -0.192. The van der Waals surface area contributed by atoms with Crippen molar-refractivity contribution in [3.8, 4) is 0 Å². The Kier molecular flexibility index (Phi) is 3.35. The van der Waals surface area contributed by atoms with Gasteiger partial charge < -0.3 is 0 Å². The Balaban J connectivity index is 1.84. The van der Waals surface area contributed by atoms with Gasteiger partial charge in [0.25, 0.3) is 0 Å². The Morgan fingerprint density at radius 3 is 1.92 bits per heavy atom. The van der Waals surface area contributed by atoms with Crippen LogP contribution in [0.1, 0.15) is 31.8 Å². The summed E-state index contributed by atoms with van der Waals surface area (Å²) in [5.41, 5.74) is 2.64. The van der Waals surface area contributed by atoms with E-state index in [0.29, 0.717) is 33.6 Å². The second-order valence-electron chi connectivity index (χ2n) is 5.44. The van der Waals surface area contributed by atoms with Gasteiger partial charge in [-0.15, -0.1) is 5.11 Å². The summed E-state index contributed by atoms with van der Waals surface area (Å²) < 4.78 is 0. The molecule has 1 aliphatic rings. The fraction of sp³-hybridized carbons (Fsp3) is 0. The lowest BCUT2D eigenvalue weighted by atomic mass is 9.83. The number of nitrogens with zero attached hydrogens (tertiary/aromatic N) is 2. The van der Waals surface area contributed by atoms with Crippen molar-refractivity contribution in [3.63, 3.8) is 0 Å². The molecular weight excluding hydrogens is 300 g/mol. The maximum absolute atomic E-state index is 12.8. The normalized spacial score (nSPS) is 13.0. The van der Waals surface area contributed by atoms with Crippen LogP contribution in [0, 0.1) is 0 Å². The van der Waals surface area contributed by atoms with Gasteiger partial charge in [0, 0.05) is 16.7 Å². The number of hydrogen-bond donors (Lipinski definition) is 0. The molecule has 114 valence electrons. The Bertz CT molecular complexity index is 992. The van der Waals surface area contributed by atoms with Crippen LogP contribution in [-0.4, -0.2) is 11.6 Å². The van der Waals surface area contributed by atoms with Crippen molar-refractivity contribution in [1.82, 2.24) is 0 Å². The summed E-state index contributed by atoms with van der Waals surface area (Å²) in [6.07, 6.45) is 0. The summed E-state index contributed by atoms with van der Waals surface area (Å²) >= 11 is 0. The second-order valence-corrected chi connectivity index (χ2v) is 5.44. The average Bonchev–Trinajstić information content (AvgIpc) is 2.65. The first kappa shape index (κ1) is 14.2. The molecule has 4 nitrogen and oxygen atoms in total. The highest BCUT2D eigenvalue weighted by atomic mass is 16.1. The second kappa shape index (κ2) is 5.66. The summed E-state index contributed by atoms with van der Waals surface area (Å²) in [4.78, 5) is 25.5. The van der Waals surface area contributed by atoms with Crippen molar-refractivity contribution in [3.05, 3.63) is 95.1 Å². The number of azo groups is 1. The minimum absolute atomic E-state index is 0.156. The van der Waals surface area contributed by atoms with E-state index in [2.05, 4.69) is 10.2 Å². The Hall–Kier alpha value is -3.40. The van der Waals surface area contributed by atoms with E-state index in [1.54, 1.807) is 42.5 Å². The zero-order chi connectivity index (χ0) is 16.5. The summed E-state index contributed by atoms with van der Waals surface area (Å²) in [6.45, 7) is 0. The predicted octanol–water partition coefficient (Wildman–Crippen LogP) is 4.88. The van der Waals surface area contributed by atoms with E-state index >= 15 is 0 Å². The van der Waals surface area contributed by atoms with Crippen LogP contribution in [-0.2, 0) is 0 Å². The van der Waals surface area contributed by atoms with Crippen LogP contribution in [0.4, 0.5) is 11.4 Å². The third-order valence-corrected chi connectivity index (χ3v) is 3.96. The molecule has 0 N–H and O–H groups in total. The monoisotopic (exact) mass is 312 g/mol. The van der Waals surface area contributed by atoms with Gasteiger partial charge in [0.05, 0.1) is 16.9 Å². The molecule has 4 heteroatoms. The van der Waals surface area contributed by atoms with E-state index in [-0.39, 0.29) is 11.6 Å². The number of carbonyl (C=O) groups is 2. The van der Waals surface area contributed by atoms with E-state index in [0.717, 1.165) is 0 Å². The van der Waals surface area contributed by atoms with Crippen molar-refractivity contribution in [1.29, 1.82) is 0 Å². The Morgan fingerprint density at radius 1 is 0.542 bits per heavy atom. The van der Waals surface area contributed by atoms with Gasteiger partial charge in [-0.2, -0.15) is 5.11 Å². The van der Waals surface area contributed by atoms with Crippen molar-refractivity contribution < 1.29 is 9.59 Å². The van der Waals surface area contributed by atoms with E-state index in [1.165, 1.54) is 0 Å². The third-order valence-electron chi connectivity index (χ3n) is 3.96. The predicted molar refractivity (Wildman–Crippen MR) is 90.4 cm³/mol. The standard InChI is InChI=1S/C20H12N2O2/c23-19-14-9-4-5-10-15(14)20(24)18-16(19)11-6-12-17(18)22-21-13-7-2-1-3-8-13/h1-12H. The third kappa shape index (κ3) is 2.25. The SMILES string of the molecule is O=C1c2ccccc2C(=O)c2c(N=Nc3ccccc3)cccc21. The van der Waals surface area contributed by atoms with Crippen LogP contribution in [0.25, 0.3) is 0 Å². The molecule has 0 heterocycles. The van der Waals surface area contributed by atoms with E-state index in [1.807, 2.05) is 30.3 Å². The van der Waals surface area contributed by atoms with Gasteiger partial charge in [-0.3, -0.25) is 9.59 Å². The largest absolute Gasteiger partial charge is 0.289 e. The molecule has 0 aliphatic heterocycles. The van der Waals surface area contributed by atoms with Crippen molar-refractivity contribution >= 4 is 22.9 Å². The molecule has 1 aliphatic carbocycles. The molecule has 0 saturated carbocycles. The first-order chi connectivity index (χ1) is 11.8. The van der Waals surface area contributed by atoms with Crippen molar-refractivity contribution in [2.24, 2.45) is 10.2 Å². The van der Waals surface area contributed by atoms with Crippen LogP contribution in [0.5, 0.6) is 0 Å². The fourth-order valence-electron chi connectivity index (χ4n) is 2.82. The number of hydrogen-bond acceptors (Lipinski definition) is 4. The van der Waals surface area contributed by atoms with Crippen LogP contribution < -0.4 is 0 Å². The molecule has 0 aromatic heterocycles. The Labute approximate surface area is 138 Å². The van der Waals surface area contributed by atoms with Gasteiger partial charge in [0.15, 0.2) is 11.6 Å². The highest BCUT2D eigenvalue weighted by molar-refractivity contribution is 6.29. The van der Waals surface area contributed by atoms with Gasteiger partial charge in [-0.05, 0) is 18.2 Å². The maximum Gasteiger partial charge on any atom is 0.196 e. The topological polar surface area (TPSA) is 58.9 Å². The number of fused-ring (bicyclic) bond motifs is 2. The highest BCUT2D eigenvalue weighted by Crippen LogP contribution is 2.33. The summed E-state index contributed by atoms with van der Waals surface area (Å²) in [5.74, 6) is -0.347. The van der Waals surface area contributed by atoms with Crippen LogP contribution in [0.15, 0.2) is 83.0 Å². The molecular formula is C20H12N2O2. The fourth-order valence-corrected chi connectivity index (χ4v) is 2.82. The zero-order valence-electron chi connectivity index (χ0n) is 12.6. The molecule has 0 atom stereocenters.